The van der Waals surface area contributed by atoms with E-state index < -0.39 is 0 Å². The van der Waals surface area contributed by atoms with Crippen molar-refractivity contribution in [3.8, 4) is 0 Å². The highest BCUT2D eigenvalue weighted by Crippen LogP contribution is 2.22. The zero-order chi connectivity index (χ0) is 15.2. The van der Waals surface area contributed by atoms with Crippen LogP contribution in [-0.2, 0) is 4.79 Å². The first-order chi connectivity index (χ1) is 10.1. The summed E-state index contributed by atoms with van der Waals surface area (Å²) in [4.78, 5) is 12.2. The number of nitrogens with one attached hydrogen (secondary N) is 2. The minimum atomic E-state index is 0.179. The molecule has 2 N–H and O–H groups in total. The van der Waals surface area contributed by atoms with Gasteiger partial charge < -0.3 is 10.6 Å². The van der Waals surface area contributed by atoms with Crippen LogP contribution in [0, 0.1) is 0 Å². The fourth-order valence-corrected chi connectivity index (χ4v) is 3.26. The third-order valence-electron chi connectivity index (χ3n) is 4.43. The van der Waals surface area contributed by atoms with Gasteiger partial charge in [0, 0.05) is 23.0 Å². The van der Waals surface area contributed by atoms with Gasteiger partial charge in [-0.1, -0.05) is 35.0 Å². The summed E-state index contributed by atoms with van der Waals surface area (Å²) in [5, 5.41) is 6.52. The molecule has 1 aliphatic carbocycles. The predicted octanol–water partition coefficient (Wildman–Crippen LogP) is 3.59. The third kappa shape index (κ3) is 5.11. The summed E-state index contributed by atoms with van der Waals surface area (Å²) in [6.45, 7) is 2.11. The molecule has 0 radical (unpaired) electrons. The normalized spacial score (nSPS) is 23.6. The molecule has 2 rings (SSSR count). The lowest BCUT2D eigenvalue weighted by Gasteiger charge is -2.29. The molecule has 1 aromatic rings. The Morgan fingerprint density at radius 1 is 1.19 bits per heavy atom. The summed E-state index contributed by atoms with van der Waals surface area (Å²) in [6.07, 6.45) is 5.05. The molecular formula is C17H25BrN2O. The number of carbonyl (C=O) groups is 1. The number of rotatable bonds is 5. The van der Waals surface area contributed by atoms with Gasteiger partial charge in [-0.15, -0.1) is 0 Å². The fourth-order valence-electron chi connectivity index (χ4n) is 3.00. The van der Waals surface area contributed by atoms with Gasteiger partial charge in [0.05, 0.1) is 0 Å². The van der Waals surface area contributed by atoms with Gasteiger partial charge in [0.1, 0.15) is 0 Å². The molecule has 0 heterocycles. The Kier molecular flexibility index (Phi) is 6.24. The first-order valence-electron chi connectivity index (χ1n) is 7.80. The lowest BCUT2D eigenvalue weighted by Crippen LogP contribution is -2.41. The van der Waals surface area contributed by atoms with Crippen molar-refractivity contribution in [2.75, 3.05) is 7.05 Å². The second-order valence-corrected chi connectivity index (χ2v) is 6.98. The standard InChI is InChI=1S/C17H25BrN2O/c1-12(13-3-5-14(18)6-4-13)11-17(21)20-16-9-7-15(19-2)8-10-16/h3-6,12,15-16,19H,7-11H2,1-2H3,(H,20,21). The van der Waals surface area contributed by atoms with Crippen LogP contribution in [0.2, 0.25) is 0 Å². The van der Waals surface area contributed by atoms with E-state index in [1.165, 1.54) is 5.56 Å². The lowest BCUT2D eigenvalue weighted by atomic mass is 9.90. The summed E-state index contributed by atoms with van der Waals surface area (Å²) in [7, 11) is 2.02. The van der Waals surface area contributed by atoms with Crippen LogP contribution >= 0.6 is 15.9 Å². The van der Waals surface area contributed by atoms with Crippen molar-refractivity contribution in [3.63, 3.8) is 0 Å². The Labute approximate surface area is 136 Å². The molecule has 116 valence electrons. The monoisotopic (exact) mass is 352 g/mol. The van der Waals surface area contributed by atoms with Crippen LogP contribution in [0.3, 0.4) is 0 Å². The molecule has 1 aromatic carbocycles. The maximum atomic E-state index is 12.2. The van der Waals surface area contributed by atoms with Crippen molar-refractivity contribution in [2.45, 2.75) is 57.0 Å². The Bertz CT molecular complexity index is 452. The number of benzene rings is 1. The first-order valence-corrected chi connectivity index (χ1v) is 8.60. The van der Waals surface area contributed by atoms with E-state index >= 15 is 0 Å². The lowest BCUT2D eigenvalue weighted by molar-refractivity contribution is -0.122. The maximum absolute atomic E-state index is 12.2. The SMILES string of the molecule is CNC1CCC(NC(=O)CC(C)c2ccc(Br)cc2)CC1. The van der Waals surface area contributed by atoms with Crippen LogP contribution < -0.4 is 10.6 Å². The van der Waals surface area contributed by atoms with Crippen LogP contribution in [0.25, 0.3) is 0 Å². The molecule has 0 spiro atoms. The van der Waals surface area contributed by atoms with E-state index in [9.17, 15) is 4.79 Å². The number of hydrogen-bond donors (Lipinski definition) is 2. The second-order valence-electron chi connectivity index (χ2n) is 6.06. The van der Waals surface area contributed by atoms with E-state index in [4.69, 9.17) is 0 Å². The molecule has 3 nitrogen and oxygen atoms in total. The molecule has 1 unspecified atom stereocenters. The van der Waals surface area contributed by atoms with E-state index in [0.717, 1.165) is 30.2 Å². The van der Waals surface area contributed by atoms with Crippen molar-refractivity contribution < 1.29 is 4.79 Å². The fraction of sp³-hybridized carbons (Fsp3) is 0.588. The van der Waals surface area contributed by atoms with Crippen molar-refractivity contribution in [1.29, 1.82) is 0 Å². The van der Waals surface area contributed by atoms with Gasteiger partial charge in [0.25, 0.3) is 0 Å². The topological polar surface area (TPSA) is 41.1 Å². The molecule has 0 saturated heterocycles. The molecule has 0 bridgehead atoms. The van der Waals surface area contributed by atoms with Crippen LogP contribution in [0.5, 0.6) is 0 Å². The molecule has 1 aliphatic rings. The molecule has 0 aliphatic heterocycles. The minimum Gasteiger partial charge on any atom is -0.353 e. The van der Waals surface area contributed by atoms with Crippen molar-refractivity contribution >= 4 is 21.8 Å². The quantitative estimate of drug-likeness (QED) is 0.849. The Morgan fingerprint density at radius 2 is 1.76 bits per heavy atom. The predicted molar refractivity (Wildman–Crippen MR) is 90.4 cm³/mol. The second kappa shape index (κ2) is 7.95. The number of hydrogen-bond acceptors (Lipinski definition) is 2. The number of amides is 1. The highest BCUT2D eigenvalue weighted by molar-refractivity contribution is 9.10. The largest absolute Gasteiger partial charge is 0.353 e. The van der Waals surface area contributed by atoms with Gasteiger partial charge in [0.15, 0.2) is 0 Å². The van der Waals surface area contributed by atoms with Gasteiger partial charge in [0.2, 0.25) is 5.91 Å². The van der Waals surface area contributed by atoms with E-state index in [1.807, 2.05) is 19.2 Å². The van der Waals surface area contributed by atoms with Gasteiger partial charge in [-0.25, -0.2) is 0 Å². The van der Waals surface area contributed by atoms with Crippen LogP contribution in [-0.4, -0.2) is 25.0 Å². The number of carbonyl (C=O) groups excluding carboxylic acids is 1. The van der Waals surface area contributed by atoms with E-state index in [0.29, 0.717) is 18.5 Å². The van der Waals surface area contributed by atoms with Crippen LogP contribution in [0.4, 0.5) is 0 Å². The molecular weight excluding hydrogens is 328 g/mol. The minimum absolute atomic E-state index is 0.179. The van der Waals surface area contributed by atoms with E-state index in [2.05, 4.69) is 45.6 Å². The summed E-state index contributed by atoms with van der Waals surface area (Å²) in [5.41, 5.74) is 1.22. The molecule has 1 saturated carbocycles. The smallest absolute Gasteiger partial charge is 0.220 e. The Hall–Kier alpha value is -0.870. The number of halogens is 1. The molecule has 1 amide bonds. The van der Waals surface area contributed by atoms with Gasteiger partial charge >= 0.3 is 0 Å². The van der Waals surface area contributed by atoms with Gasteiger partial charge in [-0.2, -0.15) is 0 Å². The molecule has 1 atom stereocenters. The average molecular weight is 353 g/mol. The highest BCUT2D eigenvalue weighted by atomic mass is 79.9. The molecule has 1 fully saturated rings. The molecule has 21 heavy (non-hydrogen) atoms. The molecule has 4 heteroatoms. The van der Waals surface area contributed by atoms with Crippen LogP contribution in [0.15, 0.2) is 28.7 Å². The van der Waals surface area contributed by atoms with E-state index in [-0.39, 0.29) is 11.8 Å². The van der Waals surface area contributed by atoms with Crippen LogP contribution in [0.1, 0.15) is 50.5 Å². The highest BCUT2D eigenvalue weighted by Gasteiger charge is 2.22. The van der Waals surface area contributed by atoms with E-state index in [1.54, 1.807) is 0 Å². The van der Waals surface area contributed by atoms with Gasteiger partial charge in [-0.3, -0.25) is 4.79 Å². The summed E-state index contributed by atoms with van der Waals surface area (Å²) >= 11 is 3.44. The average Bonchev–Trinajstić information content (AvgIpc) is 2.48. The third-order valence-corrected chi connectivity index (χ3v) is 4.96. The first kappa shape index (κ1) is 16.5. The summed E-state index contributed by atoms with van der Waals surface area (Å²) < 4.78 is 1.07. The zero-order valence-electron chi connectivity index (χ0n) is 12.9. The van der Waals surface area contributed by atoms with Crippen molar-refractivity contribution in [3.05, 3.63) is 34.3 Å². The van der Waals surface area contributed by atoms with Crippen molar-refractivity contribution in [1.82, 2.24) is 10.6 Å². The zero-order valence-corrected chi connectivity index (χ0v) is 14.4. The Morgan fingerprint density at radius 3 is 2.33 bits per heavy atom. The summed E-state index contributed by atoms with van der Waals surface area (Å²) in [5.74, 6) is 0.435. The summed E-state index contributed by atoms with van der Waals surface area (Å²) in [6, 6.07) is 9.21. The van der Waals surface area contributed by atoms with Crippen molar-refractivity contribution in [2.24, 2.45) is 0 Å². The Balaban J connectivity index is 1.78. The maximum Gasteiger partial charge on any atom is 0.220 e. The molecule has 0 aromatic heterocycles. The van der Waals surface area contributed by atoms with Gasteiger partial charge in [-0.05, 0) is 56.3 Å².